The SMILES string of the molecule is CC(C)Oc1cc2nc(C3CCC(CN4CC[C@H](c5ccc6c(N7CCC(=O)NC7=O)nn(C)c6c5)[C@H](O)C4)CC3)cn2cc1C(=O)Nc1cccn([C@H]2C[C@H]2F)c1=O. The van der Waals surface area contributed by atoms with Crippen molar-refractivity contribution >= 4 is 45.9 Å². The summed E-state index contributed by atoms with van der Waals surface area (Å²) in [6.07, 6.45) is 8.87. The Morgan fingerprint density at radius 1 is 1.07 bits per heavy atom. The minimum Gasteiger partial charge on any atom is -0.490 e. The predicted octanol–water partition coefficient (Wildman–Crippen LogP) is 5.28. The van der Waals surface area contributed by atoms with Gasteiger partial charge in [-0.2, -0.15) is 5.10 Å². The summed E-state index contributed by atoms with van der Waals surface area (Å²) in [5.74, 6) is 0.881. The fourth-order valence-corrected chi connectivity index (χ4v) is 9.26. The van der Waals surface area contributed by atoms with Crippen LogP contribution in [0.1, 0.15) is 98.3 Å². The number of nitrogens with zero attached hydrogens (tertiary/aromatic N) is 7. The molecule has 0 spiro atoms. The monoisotopic (exact) mass is 807 g/mol. The first-order valence-corrected chi connectivity index (χ1v) is 20.7. The van der Waals surface area contributed by atoms with Gasteiger partial charge in [-0.25, -0.2) is 14.2 Å². The lowest BCUT2D eigenvalue weighted by Gasteiger charge is -2.39. The number of aryl methyl sites for hydroxylation is 1. The van der Waals surface area contributed by atoms with Gasteiger partial charge in [0.1, 0.15) is 23.3 Å². The number of nitrogens with one attached hydrogen (secondary N) is 2. The molecule has 2 aliphatic heterocycles. The second-order valence-corrected chi connectivity index (χ2v) is 17.0. The molecule has 16 heteroatoms. The number of β-amino-alcohol motifs (C(OH)–C–C–N with tert-alkyl or cyclic N) is 1. The highest BCUT2D eigenvalue weighted by molar-refractivity contribution is 6.09. The Morgan fingerprint density at radius 3 is 2.59 bits per heavy atom. The first-order valence-electron chi connectivity index (χ1n) is 20.7. The molecule has 15 nitrogen and oxygen atoms in total. The number of fused-ring (bicyclic) bond motifs is 2. The Balaban J connectivity index is 0.820. The molecule has 4 amide bonds. The number of aromatic nitrogens is 5. The van der Waals surface area contributed by atoms with Crippen molar-refractivity contribution in [3.63, 3.8) is 0 Å². The molecule has 0 bridgehead atoms. The molecule has 1 aromatic carbocycles. The maximum Gasteiger partial charge on any atom is 0.329 e. The molecular weight excluding hydrogens is 758 g/mol. The predicted molar refractivity (Wildman–Crippen MR) is 219 cm³/mol. The molecule has 4 aliphatic rings. The van der Waals surface area contributed by atoms with Crippen molar-refractivity contribution in [2.24, 2.45) is 13.0 Å². The molecule has 3 N–H and O–H groups in total. The molecule has 0 unspecified atom stereocenters. The highest BCUT2D eigenvalue weighted by atomic mass is 19.1. The van der Waals surface area contributed by atoms with Crippen LogP contribution in [0.3, 0.4) is 0 Å². The summed E-state index contributed by atoms with van der Waals surface area (Å²) < 4.78 is 24.7. The van der Waals surface area contributed by atoms with Crippen LogP contribution in [0.5, 0.6) is 5.75 Å². The van der Waals surface area contributed by atoms with Crippen LogP contribution in [-0.4, -0.2) is 96.1 Å². The number of hydrogen-bond acceptors (Lipinski definition) is 9. The summed E-state index contributed by atoms with van der Waals surface area (Å²) in [6, 6.07) is 10.0. The van der Waals surface area contributed by atoms with Gasteiger partial charge >= 0.3 is 6.03 Å². The summed E-state index contributed by atoms with van der Waals surface area (Å²) in [4.78, 5) is 59.7. The fraction of sp³-hybridized carbons (Fsp3) is 0.488. The number of carbonyl (C=O) groups excluding carboxylic acids is 3. The number of rotatable bonds is 10. The lowest BCUT2D eigenvalue weighted by molar-refractivity contribution is -0.120. The molecule has 4 atom stereocenters. The number of ether oxygens (including phenoxy) is 1. The smallest absolute Gasteiger partial charge is 0.329 e. The second-order valence-electron chi connectivity index (χ2n) is 17.0. The molecule has 2 aliphatic carbocycles. The first-order chi connectivity index (χ1) is 28.4. The number of benzene rings is 1. The standard InChI is InChI=1S/C43H50FN9O6/c1-24(2)59-37-19-38-45-33(22-51(38)21-30(37)41(56)46-32-5-4-14-52(42(32)57)35-18-31(35)44)26-8-6-25(7-9-26)20-50-15-12-28(36(54)23-50)27-10-11-29-34(17-27)49(3)48-40(29)53-16-13-39(55)47-43(53)58/h4-5,10-11,14,17,19,21-22,24-26,28,31,35-36,54H,6-9,12-13,15-16,18,20,23H2,1-3H3,(H,46,56)(H,47,55,58)/t25?,26?,28-,31-,35+,36-/m1/s1. The average Bonchev–Trinajstić information content (AvgIpc) is 3.63. The van der Waals surface area contributed by atoms with Gasteiger partial charge in [-0.1, -0.05) is 6.07 Å². The van der Waals surface area contributed by atoms with Crippen LogP contribution >= 0.6 is 0 Å². The molecule has 310 valence electrons. The van der Waals surface area contributed by atoms with E-state index in [9.17, 15) is 28.7 Å². The number of likely N-dealkylation sites (tertiary alicyclic amines) is 1. The van der Waals surface area contributed by atoms with E-state index < -0.39 is 35.8 Å². The van der Waals surface area contributed by atoms with E-state index in [-0.39, 0.29) is 48.1 Å². The van der Waals surface area contributed by atoms with Crippen LogP contribution in [0.2, 0.25) is 0 Å². The highest BCUT2D eigenvalue weighted by Gasteiger charge is 2.40. The van der Waals surface area contributed by atoms with Gasteiger partial charge in [-0.15, -0.1) is 0 Å². The number of aliphatic hydroxyl groups is 1. The molecule has 5 aromatic rings. The number of piperidine rings is 1. The van der Waals surface area contributed by atoms with Crippen LogP contribution in [0.15, 0.2) is 59.8 Å². The number of amides is 4. The summed E-state index contributed by atoms with van der Waals surface area (Å²) in [7, 11) is 1.84. The van der Waals surface area contributed by atoms with Gasteiger partial charge in [0.05, 0.1) is 35.0 Å². The molecule has 9 rings (SSSR count). The van der Waals surface area contributed by atoms with Crippen molar-refractivity contribution in [2.45, 2.75) is 95.1 Å². The van der Waals surface area contributed by atoms with Gasteiger partial charge in [0.25, 0.3) is 11.5 Å². The molecule has 59 heavy (non-hydrogen) atoms. The average molecular weight is 808 g/mol. The molecule has 6 heterocycles. The van der Waals surface area contributed by atoms with Crippen molar-refractivity contribution in [1.82, 2.24) is 33.9 Å². The largest absolute Gasteiger partial charge is 0.490 e. The van der Waals surface area contributed by atoms with Crippen molar-refractivity contribution in [3.05, 3.63) is 82.2 Å². The maximum atomic E-state index is 13.7. The molecule has 0 radical (unpaired) electrons. The van der Waals surface area contributed by atoms with Crippen LogP contribution in [-0.2, 0) is 11.8 Å². The first kappa shape index (κ1) is 38.9. The van der Waals surface area contributed by atoms with Gasteiger partial charge in [-0.05, 0) is 88.2 Å². The van der Waals surface area contributed by atoms with E-state index in [1.54, 1.807) is 29.2 Å². The maximum absolute atomic E-state index is 13.7. The van der Waals surface area contributed by atoms with Crippen LogP contribution in [0.25, 0.3) is 16.6 Å². The van der Waals surface area contributed by atoms with Crippen molar-refractivity contribution in [3.8, 4) is 5.75 Å². The zero-order valence-electron chi connectivity index (χ0n) is 33.5. The molecule has 4 fully saturated rings. The summed E-state index contributed by atoms with van der Waals surface area (Å²) >= 11 is 0. The minimum absolute atomic E-state index is 0.0130. The zero-order valence-corrected chi connectivity index (χ0v) is 33.5. The van der Waals surface area contributed by atoms with Crippen LogP contribution < -0.4 is 25.8 Å². The molecular formula is C43H50FN9O6. The normalized spacial score (nSPS) is 25.2. The minimum atomic E-state index is -1.05. The molecule has 4 aromatic heterocycles. The van der Waals surface area contributed by atoms with E-state index >= 15 is 0 Å². The lowest BCUT2D eigenvalue weighted by Crippen LogP contribution is -2.49. The Labute approximate surface area is 340 Å². The number of urea groups is 1. The zero-order chi connectivity index (χ0) is 41.1. The van der Waals surface area contributed by atoms with E-state index in [1.807, 2.05) is 43.6 Å². The van der Waals surface area contributed by atoms with Gasteiger partial charge in [-0.3, -0.25) is 29.3 Å². The number of aliphatic hydroxyl groups excluding tert-OH is 1. The summed E-state index contributed by atoms with van der Waals surface area (Å²) in [5, 5.41) is 22.0. The third-order valence-corrected chi connectivity index (χ3v) is 12.5. The molecule has 2 saturated heterocycles. The van der Waals surface area contributed by atoms with E-state index in [4.69, 9.17) is 9.72 Å². The fourth-order valence-electron chi connectivity index (χ4n) is 9.26. The third-order valence-electron chi connectivity index (χ3n) is 12.5. The van der Waals surface area contributed by atoms with E-state index in [0.717, 1.165) is 67.4 Å². The Bertz CT molecular complexity index is 2500. The number of imide groups is 1. The third kappa shape index (κ3) is 7.71. The number of carbonyl (C=O) groups is 3. The second kappa shape index (κ2) is 15.5. The molecule has 2 saturated carbocycles. The van der Waals surface area contributed by atoms with Gasteiger partial charge in [0.15, 0.2) is 5.82 Å². The Kier molecular flexibility index (Phi) is 10.2. The van der Waals surface area contributed by atoms with Crippen LogP contribution in [0.4, 0.5) is 20.7 Å². The van der Waals surface area contributed by atoms with Crippen molar-refractivity contribution < 1.29 is 28.6 Å². The number of anilines is 2. The number of imidazole rings is 1. The van der Waals surface area contributed by atoms with Crippen LogP contribution in [0, 0.1) is 5.92 Å². The summed E-state index contributed by atoms with van der Waals surface area (Å²) in [5.41, 5.74) is 3.47. The topological polar surface area (TPSA) is 168 Å². The van der Waals surface area contributed by atoms with Gasteiger partial charge < -0.3 is 29.0 Å². The van der Waals surface area contributed by atoms with E-state index in [1.165, 1.54) is 15.5 Å². The van der Waals surface area contributed by atoms with E-state index in [2.05, 4.69) is 26.7 Å². The van der Waals surface area contributed by atoms with Gasteiger partial charge in [0, 0.05) is 81.4 Å². The quantitative estimate of drug-likeness (QED) is 0.170. The van der Waals surface area contributed by atoms with Crippen molar-refractivity contribution in [1.29, 1.82) is 0 Å². The number of hydrogen-bond donors (Lipinski definition) is 3. The summed E-state index contributed by atoms with van der Waals surface area (Å²) in [6.45, 7) is 6.47. The number of pyridine rings is 2. The highest BCUT2D eigenvalue weighted by Crippen LogP contribution is 2.39. The number of halogens is 1. The number of alkyl halides is 1. The lowest BCUT2D eigenvalue weighted by atomic mass is 9.80. The van der Waals surface area contributed by atoms with Crippen molar-refractivity contribution in [2.75, 3.05) is 36.4 Å². The Hall–Kier alpha value is -5.61. The van der Waals surface area contributed by atoms with Gasteiger partial charge in [0.2, 0.25) is 5.91 Å². The Morgan fingerprint density at radius 2 is 1.86 bits per heavy atom. The van der Waals surface area contributed by atoms with E-state index in [0.29, 0.717) is 36.1 Å².